The van der Waals surface area contributed by atoms with E-state index < -0.39 is 121 Å². The molecule has 4 aromatic rings. The van der Waals surface area contributed by atoms with E-state index in [0.29, 0.717) is 85.6 Å². The molecule has 0 saturated carbocycles. The normalized spacial score (nSPS) is 18.6. The van der Waals surface area contributed by atoms with E-state index in [9.17, 15) is 59.4 Å². The number of rotatable bonds is 21. The summed E-state index contributed by atoms with van der Waals surface area (Å²) in [5.41, 5.74) is -4.18. The fourth-order valence-electron chi connectivity index (χ4n) is 9.73. The van der Waals surface area contributed by atoms with Crippen molar-refractivity contribution in [3.8, 4) is 23.1 Å². The molecule has 440 valence electrons. The van der Waals surface area contributed by atoms with Crippen LogP contribution >= 0.6 is 0 Å². The van der Waals surface area contributed by atoms with Gasteiger partial charge in [0.15, 0.2) is 0 Å². The predicted molar refractivity (Wildman–Crippen MR) is 273 cm³/mol. The number of carbonyl (C=O) groups excluding carboxylic acids is 4. The van der Waals surface area contributed by atoms with E-state index in [2.05, 4.69) is 52.8 Å². The summed E-state index contributed by atoms with van der Waals surface area (Å²) in [4.78, 5) is 67.3. The number of carbonyl (C=O) groups is 4. The molecule has 2 aromatic heterocycles. The number of ether oxygens (including phenoxy) is 1. The number of hydrogen-bond acceptors (Lipinski definition) is 12. The first-order chi connectivity index (χ1) is 38.0. The highest BCUT2D eigenvalue weighted by atomic mass is 19.4. The van der Waals surface area contributed by atoms with E-state index in [1.54, 1.807) is 24.5 Å². The van der Waals surface area contributed by atoms with Gasteiger partial charge < -0.3 is 30.7 Å². The number of nitrogens with zero attached hydrogens (tertiary/aromatic N) is 7. The van der Waals surface area contributed by atoms with Crippen LogP contribution in [0.3, 0.4) is 0 Å². The molecule has 3 saturated heterocycles. The minimum Gasteiger partial charge on any atom is -0.390 e. The molecule has 2 bridgehead atoms. The van der Waals surface area contributed by atoms with Crippen molar-refractivity contribution in [2.75, 3.05) is 37.7 Å². The summed E-state index contributed by atoms with van der Waals surface area (Å²) in [5.74, 6) is -1.25. The summed E-state index contributed by atoms with van der Waals surface area (Å²) in [5, 5.41) is 22.7. The zero-order valence-corrected chi connectivity index (χ0v) is 45.1. The van der Waals surface area contributed by atoms with Crippen molar-refractivity contribution in [3.63, 3.8) is 0 Å². The number of hydrogen-bond donors (Lipinski definition) is 5. The molecule has 3 unspecified atom stereocenters. The first kappa shape index (κ1) is 61.7. The van der Waals surface area contributed by atoms with Gasteiger partial charge in [0, 0.05) is 86.4 Å². The fourth-order valence-corrected chi connectivity index (χ4v) is 9.73. The summed E-state index contributed by atoms with van der Waals surface area (Å²) in [6, 6.07) is 3.24. The summed E-state index contributed by atoms with van der Waals surface area (Å²) in [6.45, 7) is 2.88. The molecule has 4 amide bonds. The van der Waals surface area contributed by atoms with E-state index in [1.165, 1.54) is 26.0 Å². The lowest BCUT2D eigenvalue weighted by atomic mass is 9.82. The average Bonchev–Trinajstić information content (AvgIpc) is 4.01. The van der Waals surface area contributed by atoms with E-state index in [-0.39, 0.29) is 22.4 Å². The molecule has 0 radical (unpaired) electrons. The first-order valence-electron chi connectivity index (χ1n) is 26.1. The molecule has 2 aromatic carbocycles. The van der Waals surface area contributed by atoms with Gasteiger partial charge in [0.05, 0.1) is 53.5 Å². The SMILES string of the molecule is CCC(=O)NC(C(=O)NN(Cc1c(F)cc(-c2ccn(C(F)F)n2)cc1F)C[C@H](O)[C@H](Cc1ccc(C#Cc2cnc(N3CC4CCC(C3)N4C3COC3)nc2)cc1)NC(=O)[C@@H](NC(=O)CC)C(C)(C)C(F)(F)F)C(C)(C)C(F)(F)F. The molecule has 3 aliphatic rings. The number of amides is 4. The van der Waals surface area contributed by atoms with Crippen molar-refractivity contribution in [2.45, 2.75) is 141 Å². The molecule has 0 spiro atoms. The first-order valence-corrected chi connectivity index (χ1v) is 26.1. The van der Waals surface area contributed by atoms with Gasteiger partial charge in [0.1, 0.15) is 23.7 Å². The Morgan fingerprint density at radius 1 is 0.765 bits per heavy atom. The number of anilines is 1. The van der Waals surface area contributed by atoms with Crippen LogP contribution in [0.15, 0.2) is 61.1 Å². The van der Waals surface area contributed by atoms with Crippen LogP contribution in [0.25, 0.3) is 11.3 Å². The maximum atomic E-state index is 16.1. The van der Waals surface area contributed by atoms with Crippen LogP contribution in [0.4, 0.5) is 49.9 Å². The van der Waals surface area contributed by atoms with E-state index in [0.717, 1.165) is 51.4 Å². The Kier molecular flexibility index (Phi) is 19.1. The maximum Gasteiger partial charge on any atom is 0.396 e. The molecule has 3 fully saturated rings. The molecule has 3 aliphatic heterocycles. The lowest BCUT2D eigenvalue weighted by molar-refractivity contribution is -0.222. The van der Waals surface area contributed by atoms with Crippen molar-refractivity contribution in [2.24, 2.45) is 10.8 Å². The van der Waals surface area contributed by atoms with E-state index in [1.807, 2.05) is 5.32 Å². The van der Waals surface area contributed by atoms with Gasteiger partial charge in [-0.05, 0) is 82.9 Å². The van der Waals surface area contributed by atoms with Crippen molar-refractivity contribution in [3.05, 3.63) is 94.9 Å². The molecular formula is C54H63F10N11O6. The largest absolute Gasteiger partial charge is 0.396 e. The second kappa shape index (κ2) is 25.1. The molecule has 5 heterocycles. The number of piperazine rings is 1. The Hall–Kier alpha value is -6.89. The molecule has 7 rings (SSSR count). The van der Waals surface area contributed by atoms with Crippen LogP contribution in [0.5, 0.6) is 0 Å². The van der Waals surface area contributed by atoms with Crippen LogP contribution in [0.1, 0.15) is 96.0 Å². The Morgan fingerprint density at radius 3 is 1.78 bits per heavy atom. The van der Waals surface area contributed by atoms with Crippen molar-refractivity contribution >= 4 is 29.6 Å². The van der Waals surface area contributed by atoms with Crippen LogP contribution in [-0.2, 0) is 36.9 Å². The second-order valence-corrected chi connectivity index (χ2v) is 21.4. The van der Waals surface area contributed by atoms with E-state index in [4.69, 9.17) is 4.74 Å². The molecule has 0 aliphatic carbocycles. The smallest absolute Gasteiger partial charge is 0.390 e. The van der Waals surface area contributed by atoms with Crippen LogP contribution in [0, 0.1) is 34.3 Å². The molecule has 81 heavy (non-hydrogen) atoms. The van der Waals surface area contributed by atoms with Gasteiger partial charge >= 0.3 is 18.9 Å². The average molecular weight is 1150 g/mol. The number of halogens is 10. The van der Waals surface area contributed by atoms with Gasteiger partial charge in [0.2, 0.25) is 23.7 Å². The van der Waals surface area contributed by atoms with Crippen molar-refractivity contribution in [1.82, 2.24) is 51.0 Å². The molecule has 5 N–H and O–H groups in total. The fraction of sp³-hybridized carbons (Fsp3) is 0.537. The third-order valence-corrected chi connectivity index (χ3v) is 15.0. The number of hydrazine groups is 1. The Balaban J connectivity index is 1.18. The highest BCUT2D eigenvalue weighted by Crippen LogP contribution is 2.42. The predicted octanol–water partition coefficient (Wildman–Crippen LogP) is 6.35. The third kappa shape index (κ3) is 14.4. The minimum absolute atomic E-state index is 0.212. The maximum absolute atomic E-state index is 16.1. The number of nitrogens with one attached hydrogen (secondary N) is 4. The van der Waals surface area contributed by atoms with Crippen LogP contribution in [-0.4, -0.2) is 146 Å². The summed E-state index contributed by atoms with van der Waals surface area (Å²) in [7, 11) is 0. The molecule has 27 heteroatoms. The standard InChI is InChI=1S/C54H63F10N11O6/c1-7-43(77)68-45(51(3,4)53(59,60)61)47(79)67-41(19-31-12-9-30(10-13-31)11-14-32-22-65-50(66-23-32)72-24-34-15-16-35(25-72)75(34)36-28-81-29-36)42(76)27-73(71-48(80)46(69-44(78)8-2)52(5,6)54(62,63)64)26-37-38(55)20-33(21-39(37)56)40-17-18-74(70-40)49(57)58/h9-10,12-13,17-18,20-23,34-36,41-42,45-46,49,76H,7-8,15-16,19,24-29H2,1-6H3,(H,67,79)(H,68,77)(H,69,78)(H,71,80)/t34?,35?,41-,42-,45+,46?/m0/s1. The number of aliphatic hydroxyl groups is 1. The Morgan fingerprint density at radius 2 is 1.30 bits per heavy atom. The summed E-state index contributed by atoms with van der Waals surface area (Å²) >= 11 is 0. The lowest BCUT2D eigenvalue weighted by Crippen LogP contribution is -2.63. The van der Waals surface area contributed by atoms with Crippen molar-refractivity contribution in [1.29, 1.82) is 0 Å². The summed E-state index contributed by atoms with van der Waals surface area (Å²) in [6.07, 6.45) is -7.37. The van der Waals surface area contributed by atoms with Gasteiger partial charge in [-0.15, -0.1) is 0 Å². The number of aromatic nitrogens is 4. The van der Waals surface area contributed by atoms with Crippen molar-refractivity contribution < 1.29 is 72.9 Å². The van der Waals surface area contributed by atoms with Gasteiger partial charge in [0.25, 0.3) is 5.91 Å². The second-order valence-electron chi connectivity index (χ2n) is 21.4. The van der Waals surface area contributed by atoms with E-state index >= 15 is 8.78 Å². The van der Waals surface area contributed by atoms with Gasteiger partial charge in [-0.25, -0.2) is 28.4 Å². The topological polar surface area (TPSA) is 199 Å². The van der Waals surface area contributed by atoms with Crippen LogP contribution in [0.2, 0.25) is 0 Å². The van der Waals surface area contributed by atoms with Gasteiger partial charge in [-0.2, -0.15) is 40.2 Å². The van der Waals surface area contributed by atoms with Gasteiger partial charge in [-0.3, -0.25) is 29.5 Å². The quantitative estimate of drug-likeness (QED) is 0.0353. The molecule has 17 nitrogen and oxygen atoms in total. The van der Waals surface area contributed by atoms with Crippen LogP contribution < -0.4 is 26.3 Å². The highest BCUT2D eigenvalue weighted by molar-refractivity contribution is 5.89. The third-order valence-electron chi connectivity index (χ3n) is 15.0. The number of aliphatic hydroxyl groups excluding tert-OH is 1. The highest BCUT2D eigenvalue weighted by Gasteiger charge is 2.57. The monoisotopic (exact) mass is 1150 g/mol. The Labute approximate surface area is 460 Å². The van der Waals surface area contributed by atoms with Gasteiger partial charge in [-0.1, -0.05) is 37.8 Å². The number of fused-ring (bicyclic) bond motifs is 2. The lowest BCUT2D eigenvalue weighted by Gasteiger charge is -2.47. The summed E-state index contributed by atoms with van der Waals surface area (Å²) < 4.78 is 152. The number of benzene rings is 2. The molecule has 6 atom stereocenters. The minimum atomic E-state index is -5.17. The zero-order chi connectivity index (χ0) is 59.4. The number of alkyl halides is 8. The Bertz CT molecular complexity index is 2910. The zero-order valence-electron chi connectivity index (χ0n) is 45.1. The molecular weight excluding hydrogens is 1090 g/mol.